The highest BCUT2D eigenvalue weighted by molar-refractivity contribution is 7.09. The number of hydrogen-bond acceptors (Lipinski definition) is 5. The quantitative estimate of drug-likeness (QED) is 0.697. The molecule has 26 heavy (non-hydrogen) atoms. The molecule has 0 unspecified atom stereocenters. The number of aryl methyl sites for hydroxylation is 1. The molecule has 1 N–H and O–H groups in total. The summed E-state index contributed by atoms with van der Waals surface area (Å²) in [5.41, 5.74) is 2.28. The maximum absolute atomic E-state index is 12.6. The number of ether oxygens (including phenoxy) is 1. The Morgan fingerprint density at radius 3 is 2.54 bits per heavy atom. The van der Waals surface area contributed by atoms with Crippen molar-refractivity contribution < 1.29 is 14.3 Å². The number of amides is 2. The topological polar surface area (TPSA) is 71.5 Å². The van der Waals surface area contributed by atoms with Gasteiger partial charge in [-0.3, -0.25) is 0 Å². The third-order valence-corrected chi connectivity index (χ3v) is 4.59. The first-order valence-corrected chi connectivity index (χ1v) is 9.71. The van der Waals surface area contributed by atoms with Crippen molar-refractivity contribution in [3.8, 4) is 0 Å². The van der Waals surface area contributed by atoms with E-state index < -0.39 is 5.97 Å². The molecular formula is C19H25N3O3S. The summed E-state index contributed by atoms with van der Waals surface area (Å²) in [6.45, 7) is 7.14. The maximum atomic E-state index is 12.6. The van der Waals surface area contributed by atoms with Crippen LogP contribution in [-0.4, -0.2) is 35.0 Å². The van der Waals surface area contributed by atoms with Gasteiger partial charge < -0.3 is 15.0 Å². The lowest BCUT2D eigenvalue weighted by Gasteiger charge is -2.21. The van der Waals surface area contributed by atoms with Crippen molar-refractivity contribution in [1.82, 2.24) is 9.88 Å². The second-order valence-corrected chi connectivity index (χ2v) is 6.69. The Morgan fingerprint density at radius 2 is 1.92 bits per heavy atom. The highest BCUT2D eigenvalue weighted by atomic mass is 32.1. The smallest absolute Gasteiger partial charge is 0.357 e. The lowest BCUT2D eigenvalue weighted by molar-refractivity contribution is 0.0520. The number of carbonyl (C=O) groups excluding carboxylic acids is 2. The lowest BCUT2D eigenvalue weighted by atomic mass is 10.1. The van der Waals surface area contributed by atoms with Crippen molar-refractivity contribution in [3.63, 3.8) is 0 Å². The van der Waals surface area contributed by atoms with Gasteiger partial charge in [0.25, 0.3) is 0 Å². The van der Waals surface area contributed by atoms with E-state index in [1.165, 1.54) is 16.9 Å². The van der Waals surface area contributed by atoms with E-state index in [0.29, 0.717) is 30.4 Å². The second kappa shape index (κ2) is 9.91. The maximum Gasteiger partial charge on any atom is 0.357 e. The molecule has 140 valence electrons. The van der Waals surface area contributed by atoms with Crippen LogP contribution in [0.15, 0.2) is 29.6 Å². The van der Waals surface area contributed by atoms with Crippen LogP contribution in [0.4, 0.5) is 10.5 Å². The number of nitrogens with zero attached hydrogens (tertiary/aromatic N) is 2. The van der Waals surface area contributed by atoms with Crippen LogP contribution >= 0.6 is 11.3 Å². The highest BCUT2D eigenvalue weighted by Crippen LogP contribution is 2.16. The number of hydrogen-bond donors (Lipinski definition) is 1. The van der Waals surface area contributed by atoms with Crippen LogP contribution < -0.4 is 5.32 Å². The summed E-state index contributed by atoms with van der Waals surface area (Å²) in [5.74, 6) is -0.433. The zero-order valence-corrected chi connectivity index (χ0v) is 16.3. The molecule has 2 aromatic rings. The van der Waals surface area contributed by atoms with Crippen LogP contribution in [0.2, 0.25) is 0 Å². The first-order valence-electron chi connectivity index (χ1n) is 8.83. The minimum Gasteiger partial charge on any atom is -0.461 e. The SMILES string of the molecule is CCCN(Cc1nc(C(=O)OCC)cs1)C(=O)Nc1ccc(CC)cc1. The van der Waals surface area contributed by atoms with E-state index in [-0.39, 0.29) is 6.03 Å². The normalized spacial score (nSPS) is 10.4. The summed E-state index contributed by atoms with van der Waals surface area (Å²) >= 11 is 1.35. The van der Waals surface area contributed by atoms with Gasteiger partial charge in [0.05, 0.1) is 13.2 Å². The van der Waals surface area contributed by atoms with Crippen molar-refractivity contribution in [2.75, 3.05) is 18.5 Å². The molecule has 0 atom stereocenters. The minimum atomic E-state index is -0.433. The molecular weight excluding hydrogens is 350 g/mol. The molecule has 0 bridgehead atoms. The molecule has 0 fully saturated rings. The second-order valence-electron chi connectivity index (χ2n) is 5.75. The molecule has 1 heterocycles. The molecule has 2 amide bonds. The largest absolute Gasteiger partial charge is 0.461 e. The van der Waals surface area contributed by atoms with E-state index in [0.717, 1.165) is 18.5 Å². The van der Waals surface area contributed by atoms with Gasteiger partial charge in [0, 0.05) is 17.6 Å². The Labute approximate surface area is 158 Å². The minimum absolute atomic E-state index is 0.177. The zero-order valence-electron chi connectivity index (χ0n) is 15.4. The van der Waals surface area contributed by atoms with Gasteiger partial charge in [0.2, 0.25) is 0 Å². The van der Waals surface area contributed by atoms with Gasteiger partial charge in [0.1, 0.15) is 5.01 Å². The van der Waals surface area contributed by atoms with Gasteiger partial charge in [0.15, 0.2) is 5.69 Å². The summed E-state index contributed by atoms with van der Waals surface area (Å²) < 4.78 is 4.95. The fourth-order valence-corrected chi connectivity index (χ4v) is 3.17. The molecule has 0 aliphatic rings. The van der Waals surface area contributed by atoms with Crippen LogP contribution in [0.5, 0.6) is 0 Å². The van der Waals surface area contributed by atoms with Gasteiger partial charge in [-0.25, -0.2) is 14.6 Å². The lowest BCUT2D eigenvalue weighted by Crippen LogP contribution is -2.35. The molecule has 1 aromatic heterocycles. The van der Waals surface area contributed by atoms with E-state index in [9.17, 15) is 9.59 Å². The Morgan fingerprint density at radius 1 is 1.19 bits per heavy atom. The van der Waals surface area contributed by atoms with E-state index in [4.69, 9.17) is 4.74 Å². The van der Waals surface area contributed by atoms with E-state index in [1.54, 1.807) is 17.2 Å². The molecule has 0 saturated carbocycles. The molecule has 0 aliphatic carbocycles. The molecule has 6 nitrogen and oxygen atoms in total. The number of aromatic nitrogens is 1. The van der Waals surface area contributed by atoms with Gasteiger partial charge in [-0.05, 0) is 37.5 Å². The van der Waals surface area contributed by atoms with Crippen molar-refractivity contribution in [2.24, 2.45) is 0 Å². The number of thiazole rings is 1. The average Bonchev–Trinajstić information content (AvgIpc) is 3.11. The molecule has 0 saturated heterocycles. The van der Waals surface area contributed by atoms with Gasteiger partial charge in [-0.1, -0.05) is 26.0 Å². The van der Waals surface area contributed by atoms with Crippen molar-refractivity contribution in [2.45, 2.75) is 40.2 Å². The van der Waals surface area contributed by atoms with Crippen molar-refractivity contribution in [1.29, 1.82) is 0 Å². The highest BCUT2D eigenvalue weighted by Gasteiger charge is 2.17. The Balaban J connectivity index is 2.02. The Kier molecular flexibility index (Phi) is 7.59. The molecule has 0 aliphatic heterocycles. The first kappa shape index (κ1) is 19.9. The van der Waals surface area contributed by atoms with Crippen LogP contribution in [0.3, 0.4) is 0 Å². The first-order chi connectivity index (χ1) is 12.6. The van der Waals surface area contributed by atoms with Gasteiger partial charge >= 0.3 is 12.0 Å². The number of urea groups is 1. The van der Waals surface area contributed by atoms with E-state index >= 15 is 0 Å². The molecule has 7 heteroatoms. The van der Waals surface area contributed by atoms with E-state index in [2.05, 4.69) is 17.2 Å². The van der Waals surface area contributed by atoms with Crippen molar-refractivity contribution >= 4 is 29.0 Å². The number of carbonyl (C=O) groups is 2. The fraction of sp³-hybridized carbons (Fsp3) is 0.421. The van der Waals surface area contributed by atoms with Crippen molar-refractivity contribution in [3.05, 3.63) is 45.9 Å². The van der Waals surface area contributed by atoms with Crippen LogP contribution in [0, 0.1) is 0 Å². The fourth-order valence-electron chi connectivity index (χ4n) is 2.39. The summed E-state index contributed by atoms with van der Waals surface area (Å²) in [7, 11) is 0. The zero-order chi connectivity index (χ0) is 18.9. The summed E-state index contributed by atoms with van der Waals surface area (Å²) in [6.07, 6.45) is 1.79. The summed E-state index contributed by atoms with van der Waals surface area (Å²) in [5, 5.41) is 5.29. The monoisotopic (exact) mass is 375 g/mol. The number of rotatable bonds is 8. The van der Waals surface area contributed by atoms with Crippen LogP contribution in [0.25, 0.3) is 0 Å². The third-order valence-electron chi connectivity index (χ3n) is 3.76. The Bertz CT molecular complexity index is 728. The third kappa shape index (κ3) is 5.56. The van der Waals surface area contributed by atoms with Gasteiger partial charge in [-0.2, -0.15) is 0 Å². The predicted molar refractivity (Wildman–Crippen MR) is 104 cm³/mol. The average molecular weight is 375 g/mol. The molecule has 0 spiro atoms. The van der Waals surface area contributed by atoms with Gasteiger partial charge in [-0.15, -0.1) is 11.3 Å². The number of anilines is 1. The predicted octanol–water partition coefficient (Wildman–Crippen LogP) is 4.33. The molecule has 2 rings (SSSR count). The summed E-state index contributed by atoms with van der Waals surface area (Å²) in [4.78, 5) is 30.3. The van der Waals surface area contributed by atoms with Crippen LogP contribution in [0.1, 0.15) is 48.3 Å². The molecule has 0 radical (unpaired) electrons. The number of benzene rings is 1. The number of nitrogens with one attached hydrogen (secondary N) is 1. The molecule has 1 aromatic carbocycles. The van der Waals surface area contributed by atoms with E-state index in [1.807, 2.05) is 31.2 Å². The van der Waals surface area contributed by atoms with Crippen LogP contribution in [-0.2, 0) is 17.7 Å². The summed E-state index contributed by atoms with van der Waals surface area (Å²) in [6, 6.07) is 7.65. The number of esters is 1. The standard InChI is InChI=1S/C19H25N3O3S/c1-4-11-22(12-17-21-16(13-26-17)18(23)25-6-3)19(24)20-15-9-7-14(5-2)8-10-15/h7-10,13H,4-6,11-12H2,1-3H3,(H,20,24). The Hall–Kier alpha value is -2.41.